The number of fused-ring (bicyclic) bond motifs is 1. The Labute approximate surface area is 136 Å². The first kappa shape index (κ1) is 15.1. The van der Waals surface area contributed by atoms with Crippen LogP contribution in [0.1, 0.15) is 11.1 Å². The number of hydrogen-bond donors (Lipinski definition) is 1. The van der Waals surface area contributed by atoms with Crippen molar-refractivity contribution in [1.82, 2.24) is 0 Å². The summed E-state index contributed by atoms with van der Waals surface area (Å²) in [5.74, 6) is 0.731. The van der Waals surface area contributed by atoms with Crippen LogP contribution in [0.3, 0.4) is 0 Å². The van der Waals surface area contributed by atoms with Gasteiger partial charge in [0, 0.05) is 11.3 Å². The maximum absolute atomic E-state index is 11.2. The zero-order valence-corrected chi connectivity index (χ0v) is 12.9. The molecule has 1 heterocycles. The Morgan fingerprint density at radius 3 is 2.78 bits per heavy atom. The minimum absolute atomic E-state index is 0.371. The summed E-state index contributed by atoms with van der Waals surface area (Å²) in [6.07, 6.45) is 1.52. The van der Waals surface area contributed by atoms with Gasteiger partial charge in [0.15, 0.2) is 5.17 Å². The predicted octanol–water partition coefficient (Wildman–Crippen LogP) is 1.64. The molecule has 23 heavy (non-hydrogen) atoms. The number of nitrogens with zero attached hydrogens (tertiary/aromatic N) is 4. The smallest absolute Gasteiger partial charge is 0.368 e. The molecule has 0 atom stereocenters. The summed E-state index contributed by atoms with van der Waals surface area (Å²) in [5.41, 5.74) is 7.67. The molecule has 0 bridgehead atoms. The number of urea groups is 1. The zero-order chi connectivity index (χ0) is 16.1. The number of rotatable bonds is 4. The summed E-state index contributed by atoms with van der Waals surface area (Å²) in [6.45, 7) is 0. The van der Waals surface area contributed by atoms with E-state index in [1.165, 1.54) is 23.5 Å². The highest BCUT2D eigenvalue weighted by molar-refractivity contribution is 8.13. The average Bonchev–Trinajstić information content (AvgIpc) is 2.95. The SMILES string of the molecule is NC(=NN=Cc1cccc2c1=NC(=O)N=2)SCc1ccccc1. The van der Waals surface area contributed by atoms with Gasteiger partial charge in [-0.15, -0.1) is 5.10 Å². The molecule has 0 fully saturated rings. The molecule has 0 aromatic heterocycles. The second-order valence-corrected chi connectivity index (χ2v) is 5.67. The fraction of sp³-hybridized carbons (Fsp3) is 0.0625. The first-order valence-corrected chi connectivity index (χ1v) is 7.84. The minimum Gasteiger partial charge on any atom is -0.377 e. The van der Waals surface area contributed by atoms with Crippen LogP contribution in [-0.4, -0.2) is 17.4 Å². The molecule has 2 amide bonds. The lowest BCUT2D eigenvalue weighted by molar-refractivity contribution is 0.256. The first-order chi connectivity index (χ1) is 11.2. The van der Waals surface area contributed by atoms with Gasteiger partial charge in [0.2, 0.25) is 0 Å². The molecule has 2 aromatic carbocycles. The van der Waals surface area contributed by atoms with Crippen LogP contribution in [0.5, 0.6) is 0 Å². The number of para-hydroxylation sites is 1. The van der Waals surface area contributed by atoms with Gasteiger partial charge in [-0.05, 0) is 11.6 Å². The van der Waals surface area contributed by atoms with Crippen LogP contribution in [0.4, 0.5) is 4.79 Å². The summed E-state index contributed by atoms with van der Waals surface area (Å²) in [7, 11) is 0. The van der Waals surface area contributed by atoms with Gasteiger partial charge in [-0.25, -0.2) is 4.79 Å². The average molecular weight is 323 g/mol. The molecule has 0 saturated carbocycles. The lowest BCUT2D eigenvalue weighted by Crippen LogP contribution is -2.25. The van der Waals surface area contributed by atoms with Crippen LogP contribution >= 0.6 is 11.8 Å². The molecule has 2 aromatic rings. The molecule has 0 saturated heterocycles. The van der Waals surface area contributed by atoms with Crippen LogP contribution < -0.4 is 16.4 Å². The van der Waals surface area contributed by atoms with Gasteiger partial charge in [0.05, 0.1) is 11.6 Å². The standard InChI is InChI=1S/C16H13N5OS/c17-15(23-10-11-5-2-1-3-6-11)21-18-9-12-7-4-8-13-14(12)20-16(22)19-13/h1-9H,10H2,(H2,17,21). The number of amides is 2. The van der Waals surface area contributed by atoms with Crippen LogP contribution in [0.25, 0.3) is 0 Å². The fourth-order valence-corrected chi connectivity index (χ4v) is 2.61. The Bertz CT molecular complexity index is 906. The lowest BCUT2D eigenvalue weighted by Gasteiger charge is -1.99. The third kappa shape index (κ3) is 3.89. The molecular weight excluding hydrogens is 310 g/mol. The molecule has 3 rings (SSSR count). The Balaban J connectivity index is 1.68. The zero-order valence-electron chi connectivity index (χ0n) is 12.1. The predicted molar refractivity (Wildman–Crippen MR) is 91.1 cm³/mol. The third-order valence-electron chi connectivity index (χ3n) is 3.05. The van der Waals surface area contributed by atoms with Crippen molar-refractivity contribution < 1.29 is 4.79 Å². The van der Waals surface area contributed by atoms with Crippen molar-refractivity contribution in [3.05, 3.63) is 70.4 Å². The molecule has 7 heteroatoms. The quantitative estimate of drug-likeness (QED) is 0.526. The maximum Gasteiger partial charge on any atom is 0.368 e. The molecule has 1 aliphatic heterocycles. The molecule has 0 radical (unpaired) electrons. The van der Waals surface area contributed by atoms with E-state index in [-0.39, 0.29) is 0 Å². The molecule has 0 spiro atoms. The van der Waals surface area contributed by atoms with E-state index in [4.69, 9.17) is 5.73 Å². The summed E-state index contributed by atoms with van der Waals surface area (Å²) in [4.78, 5) is 18.9. The topological polar surface area (TPSA) is 92.5 Å². The third-order valence-corrected chi connectivity index (χ3v) is 3.91. The van der Waals surface area contributed by atoms with Crippen molar-refractivity contribution in [2.75, 3.05) is 0 Å². The van der Waals surface area contributed by atoms with E-state index in [1.54, 1.807) is 18.2 Å². The monoisotopic (exact) mass is 323 g/mol. The van der Waals surface area contributed by atoms with Gasteiger partial charge < -0.3 is 5.73 Å². The largest absolute Gasteiger partial charge is 0.377 e. The second-order valence-electron chi connectivity index (χ2n) is 4.68. The van der Waals surface area contributed by atoms with Gasteiger partial charge in [0.25, 0.3) is 0 Å². The van der Waals surface area contributed by atoms with Crippen molar-refractivity contribution in [2.45, 2.75) is 5.75 Å². The highest BCUT2D eigenvalue weighted by atomic mass is 32.2. The van der Waals surface area contributed by atoms with E-state index < -0.39 is 6.03 Å². The summed E-state index contributed by atoms with van der Waals surface area (Å²) in [5, 5.41) is 9.35. The van der Waals surface area contributed by atoms with E-state index in [0.717, 1.165) is 5.75 Å². The van der Waals surface area contributed by atoms with Crippen LogP contribution in [0.2, 0.25) is 0 Å². The van der Waals surface area contributed by atoms with E-state index in [2.05, 4.69) is 20.2 Å². The van der Waals surface area contributed by atoms with Gasteiger partial charge in [-0.3, -0.25) is 0 Å². The first-order valence-electron chi connectivity index (χ1n) is 6.86. The maximum atomic E-state index is 11.2. The molecule has 0 unspecified atom stereocenters. The van der Waals surface area contributed by atoms with Gasteiger partial charge in [-0.1, -0.05) is 54.2 Å². The van der Waals surface area contributed by atoms with Crippen molar-refractivity contribution in [3.8, 4) is 0 Å². The number of carbonyl (C=O) groups excluding carboxylic acids is 1. The van der Waals surface area contributed by atoms with Crippen molar-refractivity contribution in [1.29, 1.82) is 0 Å². The highest BCUT2D eigenvalue weighted by Crippen LogP contribution is 2.11. The molecule has 1 aliphatic rings. The van der Waals surface area contributed by atoms with Crippen LogP contribution in [-0.2, 0) is 5.75 Å². The summed E-state index contributed by atoms with van der Waals surface area (Å²) >= 11 is 1.41. The summed E-state index contributed by atoms with van der Waals surface area (Å²) in [6, 6.07) is 14.8. The number of nitrogens with two attached hydrogens (primary N) is 1. The lowest BCUT2D eigenvalue weighted by atomic mass is 10.2. The second kappa shape index (κ2) is 6.97. The Hall–Kier alpha value is -2.80. The molecule has 2 N–H and O–H groups in total. The van der Waals surface area contributed by atoms with Gasteiger partial charge >= 0.3 is 6.03 Å². The van der Waals surface area contributed by atoms with E-state index in [9.17, 15) is 4.79 Å². The minimum atomic E-state index is -0.498. The molecule has 114 valence electrons. The number of benzene rings is 2. The van der Waals surface area contributed by atoms with E-state index in [0.29, 0.717) is 21.4 Å². The Kier molecular flexibility index (Phi) is 4.58. The van der Waals surface area contributed by atoms with Crippen molar-refractivity contribution in [2.24, 2.45) is 25.9 Å². The van der Waals surface area contributed by atoms with Gasteiger partial charge in [-0.2, -0.15) is 15.1 Å². The van der Waals surface area contributed by atoms with Crippen molar-refractivity contribution >= 4 is 29.2 Å². The molecule has 6 nitrogen and oxygen atoms in total. The molecular formula is C16H13N5OS. The van der Waals surface area contributed by atoms with Crippen LogP contribution in [0, 0.1) is 0 Å². The number of amidine groups is 1. The number of hydrogen-bond acceptors (Lipinski definition) is 4. The summed E-state index contributed by atoms with van der Waals surface area (Å²) < 4.78 is 0. The van der Waals surface area contributed by atoms with E-state index >= 15 is 0 Å². The normalized spacial score (nSPS) is 13.7. The van der Waals surface area contributed by atoms with Gasteiger partial charge in [0.1, 0.15) is 5.36 Å². The van der Waals surface area contributed by atoms with E-state index in [1.807, 2.05) is 30.3 Å². The highest BCUT2D eigenvalue weighted by Gasteiger charge is 2.07. The Morgan fingerprint density at radius 1 is 1.13 bits per heavy atom. The molecule has 0 aliphatic carbocycles. The number of thioether (sulfide) groups is 1. The number of carbonyl (C=O) groups is 1. The van der Waals surface area contributed by atoms with Crippen LogP contribution in [0.15, 0.2) is 68.7 Å². The fourth-order valence-electron chi connectivity index (χ4n) is 2.00. The Morgan fingerprint density at radius 2 is 1.96 bits per heavy atom. The van der Waals surface area contributed by atoms with Crippen molar-refractivity contribution in [3.63, 3.8) is 0 Å².